The Labute approximate surface area is 152 Å². The van der Waals surface area contributed by atoms with E-state index < -0.39 is 0 Å². The van der Waals surface area contributed by atoms with Gasteiger partial charge in [-0.1, -0.05) is 0 Å². The van der Waals surface area contributed by atoms with E-state index in [1.54, 1.807) is 24.6 Å². The van der Waals surface area contributed by atoms with Crippen LogP contribution in [0.15, 0.2) is 23.2 Å². The van der Waals surface area contributed by atoms with Gasteiger partial charge in [-0.15, -0.1) is 11.3 Å². The van der Waals surface area contributed by atoms with Gasteiger partial charge in [-0.3, -0.25) is 4.99 Å². The van der Waals surface area contributed by atoms with Crippen LogP contribution in [0.4, 0.5) is 11.5 Å². The maximum Gasteiger partial charge on any atom is 0.131 e. The second-order valence-electron chi connectivity index (χ2n) is 6.90. The Morgan fingerprint density at radius 2 is 2.20 bits per heavy atom. The average Bonchev–Trinajstić information content (AvgIpc) is 3.11. The molecule has 3 N–H and O–H groups in total. The minimum absolute atomic E-state index is 0.740. The van der Waals surface area contributed by atoms with Crippen LogP contribution in [0.5, 0.6) is 0 Å². The maximum atomic E-state index is 6.21. The molecule has 2 aromatic rings. The third-order valence-corrected chi connectivity index (χ3v) is 6.07. The highest BCUT2D eigenvalue weighted by atomic mass is 32.1. The fourth-order valence-electron chi connectivity index (χ4n) is 3.20. The van der Waals surface area contributed by atoms with Crippen LogP contribution in [-0.4, -0.2) is 37.9 Å². The van der Waals surface area contributed by atoms with Crippen LogP contribution < -0.4 is 16.0 Å². The highest BCUT2D eigenvalue weighted by Gasteiger charge is 2.22. The van der Waals surface area contributed by atoms with E-state index in [2.05, 4.69) is 27.3 Å². The number of hydrogen-bond donors (Lipinski definition) is 2. The fourth-order valence-corrected chi connectivity index (χ4v) is 4.23. The van der Waals surface area contributed by atoms with Crippen LogP contribution in [-0.2, 0) is 0 Å². The molecule has 25 heavy (non-hydrogen) atoms. The summed E-state index contributed by atoms with van der Waals surface area (Å²) >= 11 is 1.71. The number of thiophene rings is 1. The molecule has 132 valence electrons. The van der Waals surface area contributed by atoms with E-state index in [0.29, 0.717) is 0 Å². The minimum Gasteiger partial charge on any atom is -0.398 e. The summed E-state index contributed by atoms with van der Waals surface area (Å²) in [4.78, 5) is 12.3. The van der Waals surface area contributed by atoms with Crippen LogP contribution in [0.3, 0.4) is 0 Å². The highest BCUT2D eigenvalue weighted by molar-refractivity contribution is 7.20. The van der Waals surface area contributed by atoms with Crippen LogP contribution in [0.1, 0.15) is 30.6 Å². The lowest BCUT2D eigenvalue weighted by atomic mass is 10.2. The Morgan fingerprint density at radius 1 is 1.40 bits per heavy atom. The zero-order chi connectivity index (χ0) is 17.2. The van der Waals surface area contributed by atoms with Gasteiger partial charge in [0.2, 0.25) is 0 Å². The van der Waals surface area contributed by atoms with E-state index in [0.717, 1.165) is 47.5 Å². The molecule has 1 aliphatic carbocycles. The number of nitrogens with zero attached hydrogens (tertiary/aromatic N) is 3. The summed E-state index contributed by atoms with van der Waals surface area (Å²) in [5.74, 6) is 1.92. The van der Waals surface area contributed by atoms with Crippen LogP contribution in [0, 0.1) is 5.92 Å². The van der Waals surface area contributed by atoms with Gasteiger partial charge in [0.25, 0.3) is 0 Å². The first-order valence-electron chi connectivity index (χ1n) is 9.06. The number of aliphatic imine (C=N–C) groups is 1. The zero-order valence-corrected chi connectivity index (χ0v) is 15.5. The number of rotatable bonds is 6. The van der Waals surface area contributed by atoms with Gasteiger partial charge in [0.15, 0.2) is 0 Å². The maximum absolute atomic E-state index is 6.21. The molecule has 0 atom stereocenters. The Hall–Kier alpha value is -2.08. The first kappa shape index (κ1) is 16.4. The summed E-state index contributed by atoms with van der Waals surface area (Å²) in [7, 11) is 1.75. The second-order valence-corrected chi connectivity index (χ2v) is 7.95. The summed E-state index contributed by atoms with van der Waals surface area (Å²) < 4.78 is 1.20. The van der Waals surface area contributed by atoms with Gasteiger partial charge in [0, 0.05) is 39.0 Å². The molecule has 2 aromatic heterocycles. The lowest BCUT2D eigenvalue weighted by molar-refractivity contribution is 0.889. The number of allylic oxidation sites excluding steroid dienone is 1. The van der Waals surface area contributed by atoms with Gasteiger partial charge < -0.3 is 16.0 Å². The first-order valence-corrected chi connectivity index (χ1v) is 9.88. The minimum atomic E-state index is 0.740. The third kappa shape index (κ3) is 3.63. The van der Waals surface area contributed by atoms with Crippen molar-refractivity contribution in [3.63, 3.8) is 0 Å². The number of hydrogen-bond acceptors (Lipinski definition) is 6. The molecule has 3 heterocycles. The summed E-state index contributed by atoms with van der Waals surface area (Å²) in [5, 5.41) is 3.67. The van der Waals surface area contributed by atoms with Crippen molar-refractivity contribution in [2.45, 2.75) is 25.7 Å². The number of aromatic nitrogens is 1. The van der Waals surface area contributed by atoms with Crippen LogP contribution in [0.2, 0.25) is 0 Å². The summed E-state index contributed by atoms with van der Waals surface area (Å²) in [6, 6.07) is 4.33. The van der Waals surface area contributed by atoms with Crippen molar-refractivity contribution in [3.05, 3.63) is 23.1 Å². The van der Waals surface area contributed by atoms with Gasteiger partial charge >= 0.3 is 0 Å². The van der Waals surface area contributed by atoms with Gasteiger partial charge in [0.05, 0.1) is 26.5 Å². The van der Waals surface area contributed by atoms with E-state index in [9.17, 15) is 0 Å². The molecule has 0 radical (unpaired) electrons. The Bertz CT molecular complexity index is 813. The molecule has 6 heteroatoms. The molecule has 1 aliphatic heterocycles. The zero-order valence-electron chi connectivity index (χ0n) is 14.7. The molecule has 4 rings (SSSR count). The number of nitrogens with two attached hydrogens (primary N) is 1. The third-order valence-electron chi connectivity index (χ3n) is 4.86. The van der Waals surface area contributed by atoms with E-state index in [1.165, 1.54) is 36.1 Å². The van der Waals surface area contributed by atoms with Crippen molar-refractivity contribution in [2.24, 2.45) is 16.6 Å². The molecule has 1 saturated heterocycles. The number of anilines is 2. The molecule has 0 bridgehead atoms. The Kier molecular flexibility index (Phi) is 4.61. The SMILES string of the molecule is C/N=C\C=C(/N)c1cc2nc(N3CCCC3)cc(NCC3CC3)c2s1. The van der Waals surface area contributed by atoms with E-state index in [-0.39, 0.29) is 0 Å². The van der Waals surface area contributed by atoms with Crippen LogP contribution in [0.25, 0.3) is 15.9 Å². The largest absolute Gasteiger partial charge is 0.398 e. The highest BCUT2D eigenvalue weighted by Crippen LogP contribution is 2.37. The summed E-state index contributed by atoms with van der Waals surface area (Å²) in [6.07, 6.45) is 8.79. The lowest BCUT2D eigenvalue weighted by Gasteiger charge is -2.18. The van der Waals surface area contributed by atoms with Gasteiger partial charge in [-0.2, -0.15) is 0 Å². The van der Waals surface area contributed by atoms with Crippen molar-refractivity contribution in [3.8, 4) is 0 Å². The van der Waals surface area contributed by atoms with E-state index in [4.69, 9.17) is 10.7 Å². The van der Waals surface area contributed by atoms with Crippen molar-refractivity contribution in [1.29, 1.82) is 0 Å². The Morgan fingerprint density at radius 3 is 2.92 bits per heavy atom. The van der Waals surface area contributed by atoms with Crippen LogP contribution >= 0.6 is 11.3 Å². The fraction of sp³-hybridized carbons (Fsp3) is 0.474. The normalized spacial score (nSPS) is 18.6. The molecule has 1 saturated carbocycles. The monoisotopic (exact) mass is 355 g/mol. The lowest BCUT2D eigenvalue weighted by Crippen LogP contribution is -2.19. The van der Waals surface area contributed by atoms with Gasteiger partial charge in [0.1, 0.15) is 5.82 Å². The molecular weight excluding hydrogens is 330 g/mol. The molecule has 0 aromatic carbocycles. The quantitative estimate of drug-likeness (QED) is 0.775. The molecular formula is C19H25N5S. The van der Waals surface area contributed by atoms with Crippen molar-refractivity contribution in [2.75, 3.05) is 36.9 Å². The van der Waals surface area contributed by atoms with E-state index in [1.807, 2.05) is 6.08 Å². The smallest absolute Gasteiger partial charge is 0.131 e. The summed E-state index contributed by atoms with van der Waals surface area (Å²) in [5.41, 5.74) is 9.18. The first-order chi connectivity index (χ1) is 12.2. The number of pyridine rings is 1. The molecule has 0 amide bonds. The molecule has 2 aliphatic rings. The Balaban J connectivity index is 1.72. The van der Waals surface area contributed by atoms with Gasteiger partial charge in [-0.05, 0) is 43.7 Å². The molecule has 5 nitrogen and oxygen atoms in total. The molecule has 0 spiro atoms. The van der Waals surface area contributed by atoms with Crippen molar-refractivity contribution >= 4 is 45.0 Å². The van der Waals surface area contributed by atoms with Gasteiger partial charge in [-0.25, -0.2) is 4.98 Å². The molecule has 0 unspecified atom stereocenters. The molecule has 2 fully saturated rings. The predicted octanol–water partition coefficient (Wildman–Crippen LogP) is 3.72. The summed E-state index contributed by atoms with van der Waals surface area (Å²) in [6.45, 7) is 3.26. The number of fused-ring (bicyclic) bond motifs is 1. The van der Waals surface area contributed by atoms with Crippen molar-refractivity contribution in [1.82, 2.24) is 4.98 Å². The topological polar surface area (TPSA) is 66.5 Å². The number of nitrogens with one attached hydrogen (secondary N) is 1. The average molecular weight is 356 g/mol. The predicted molar refractivity (Wildman–Crippen MR) is 109 cm³/mol. The van der Waals surface area contributed by atoms with Crippen molar-refractivity contribution < 1.29 is 0 Å². The second kappa shape index (κ2) is 7.04. The van der Waals surface area contributed by atoms with E-state index >= 15 is 0 Å². The standard InChI is InChI=1S/C19H25N5S/c1-21-7-6-14(20)17-10-16-19(25-17)15(22-12-13-4-5-13)11-18(23-16)24-8-2-3-9-24/h6-7,10-11,13H,2-5,8-9,12,20H2,1H3,(H,22,23)/b14-6-,21-7-.